The summed E-state index contributed by atoms with van der Waals surface area (Å²) in [5, 5.41) is 11.8. The number of carboxylic acid groups (broad SMARTS) is 1. The fourth-order valence-corrected chi connectivity index (χ4v) is 7.72. The largest absolute Gasteiger partial charge is 0.545 e. The molecule has 2 atom stereocenters. The number of allylic oxidation sites excluding steroid dienone is 14. The molecule has 0 N–H and O–H groups in total. The van der Waals surface area contributed by atoms with Crippen LogP contribution in [0, 0.1) is 0 Å². The minimum absolute atomic E-state index is 0.134. The average Bonchev–Trinajstić information content (AvgIpc) is 3.34. The highest BCUT2D eigenvalue weighted by molar-refractivity contribution is 5.70. The Kier molecular flexibility index (Phi) is 50.2. The molecule has 0 aromatic heterocycles. The first-order valence-corrected chi connectivity index (χ1v) is 28.7. The highest BCUT2D eigenvalue weighted by Gasteiger charge is 2.21. The Bertz CT molecular complexity index is 1440. The van der Waals surface area contributed by atoms with Crippen molar-refractivity contribution in [3.63, 3.8) is 0 Å². The van der Waals surface area contributed by atoms with Crippen molar-refractivity contribution in [2.45, 2.75) is 245 Å². The van der Waals surface area contributed by atoms with Crippen LogP contribution in [0.5, 0.6) is 0 Å². The number of ether oxygens (including phenoxy) is 4. The number of carbonyl (C=O) groups excluding carboxylic acids is 3. The molecular formula is C62H107NO8. The van der Waals surface area contributed by atoms with Gasteiger partial charge in [-0.1, -0.05) is 221 Å². The molecule has 0 rings (SSSR count). The number of esters is 2. The predicted octanol–water partition coefficient (Wildman–Crippen LogP) is 15.5. The average molecular weight is 995 g/mol. The van der Waals surface area contributed by atoms with Crippen molar-refractivity contribution in [2.24, 2.45) is 0 Å². The summed E-state index contributed by atoms with van der Waals surface area (Å²) in [4.78, 5) is 37.2. The molecule has 0 bridgehead atoms. The Hall–Kier alpha value is -3.53. The number of hydrogen-bond acceptors (Lipinski definition) is 8. The van der Waals surface area contributed by atoms with E-state index in [2.05, 4.69) is 92.8 Å². The third kappa shape index (κ3) is 54.1. The van der Waals surface area contributed by atoms with E-state index in [-0.39, 0.29) is 38.6 Å². The first-order valence-electron chi connectivity index (χ1n) is 28.7. The van der Waals surface area contributed by atoms with Crippen LogP contribution in [0.1, 0.15) is 232 Å². The van der Waals surface area contributed by atoms with Gasteiger partial charge in [0, 0.05) is 12.8 Å². The predicted molar refractivity (Wildman–Crippen MR) is 297 cm³/mol. The number of rotatable bonds is 52. The number of nitrogens with zero attached hydrogens (tertiary/aromatic N) is 1. The normalized spacial score (nSPS) is 13.4. The van der Waals surface area contributed by atoms with Crippen molar-refractivity contribution in [3.8, 4) is 0 Å². The van der Waals surface area contributed by atoms with Crippen molar-refractivity contribution in [1.82, 2.24) is 0 Å². The molecule has 0 spiro atoms. The van der Waals surface area contributed by atoms with Crippen LogP contribution in [0.15, 0.2) is 85.1 Å². The Morgan fingerprint density at radius 3 is 1.24 bits per heavy atom. The van der Waals surface area contributed by atoms with Crippen LogP contribution in [-0.4, -0.2) is 82.3 Å². The van der Waals surface area contributed by atoms with E-state index < -0.39 is 24.3 Å². The molecule has 0 saturated heterocycles. The number of aliphatic carboxylic acids is 1. The van der Waals surface area contributed by atoms with Gasteiger partial charge in [0.15, 0.2) is 12.4 Å². The lowest BCUT2D eigenvalue weighted by Crippen LogP contribution is -2.44. The molecule has 0 fully saturated rings. The lowest BCUT2D eigenvalue weighted by atomic mass is 10.0. The molecule has 9 nitrogen and oxygen atoms in total. The lowest BCUT2D eigenvalue weighted by molar-refractivity contribution is -0.870. The van der Waals surface area contributed by atoms with Gasteiger partial charge < -0.3 is 33.3 Å². The lowest BCUT2D eigenvalue weighted by Gasteiger charge is -2.26. The second-order valence-corrected chi connectivity index (χ2v) is 20.2. The van der Waals surface area contributed by atoms with Gasteiger partial charge in [-0.05, 0) is 83.5 Å². The maximum atomic E-state index is 12.8. The van der Waals surface area contributed by atoms with Crippen molar-refractivity contribution in [2.75, 3.05) is 47.5 Å². The molecule has 0 aromatic rings. The number of unbranched alkanes of at least 4 members (excludes halogenated alkanes) is 23. The van der Waals surface area contributed by atoms with Gasteiger partial charge in [-0.15, -0.1) is 0 Å². The summed E-state index contributed by atoms with van der Waals surface area (Å²) >= 11 is 0. The van der Waals surface area contributed by atoms with Crippen LogP contribution in [0.4, 0.5) is 0 Å². The molecule has 0 saturated carbocycles. The highest BCUT2D eigenvalue weighted by Crippen LogP contribution is 2.16. The first-order chi connectivity index (χ1) is 34.6. The third-order valence-electron chi connectivity index (χ3n) is 12.1. The van der Waals surface area contributed by atoms with E-state index in [0.29, 0.717) is 23.9 Å². The fourth-order valence-electron chi connectivity index (χ4n) is 7.72. The molecule has 0 heterocycles. The van der Waals surface area contributed by atoms with Crippen molar-refractivity contribution < 1.29 is 42.9 Å². The quantitative estimate of drug-likeness (QED) is 0.0195. The molecule has 0 aliphatic carbocycles. The minimum atomic E-state index is -1.64. The zero-order chi connectivity index (χ0) is 52.0. The van der Waals surface area contributed by atoms with Crippen LogP contribution < -0.4 is 5.11 Å². The maximum absolute atomic E-state index is 12.8. The molecule has 9 heteroatoms. The molecule has 71 heavy (non-hydrogen) atoms. The third-order valence-corrected chi connectivity index (χ3v) is 12.1. The molecule has 0 aromatic carbocycles. The summed E-state index contributed by atoms with van der Waals surface area (Å²) in [5.41, 5.74) is 0. The summed E-state index contributed by atoms with van der Waals surface area (Å²) in [6, 6.07) is 0. The maximum Gasteiger partial charge on any atom is 0.306 e. The molecular weight excluding hydrogens is 887 g/mol. The van der Waals surface area contributed by atoms with Crippen LogP contribution >= 0.6 is 0 Å². The van der Waals surface area contributed by atoms with Gasteiger partial charge in [0.25, 0.3) is 0 Å². The van der Waals surface area contributed by atoms with Gasteiger partial charge in [0.05, 0.1) is 40.3 Å². The molecule has 0 aliphatic heterocycles. The second kappa shape index (κ2) is 52.8. The summed E-state index contributed by atoms with van der Waals surface area (Å²) in [7, 11) is 5.90. The van der Waals surface area contributed by atoms with Gasteiger partial charge in [0.2, 0.25) is 0 Å². The zero-order valence-electron chi connectivity index (χ0n) is 46.3. The number of quaternary nitrogens is 1. The highest BCUT2D eigenvalue weighted by atomic mass is 16.7. The summed E-state index contributed by atoms with van der Waals surface area (Å²) in [6.45, 7) is 4.56. The summed E-state index contributed by atoms with van der Waals surface area (Å²) in [6.07, 6.45) is 66.5. The summed E-state index contributed by atoms with van der Waals surface area (Å²) < 4.78 is 22.6. The SMILES string of the molecule is CC/C=C\C/C=C\C/C=C\C/C=C\C/C=C\CCCC(=O)OC(COC(=O)CCCCCCCCCCCCCCCCCCC/C=C\C/C=C\CCCCCCC)COC(OCC[N+](C)(C)C)C(=O)[O-]. The van der Waals surface area contributed by atoms with E-state index >= 15 is 0 Å². The molecule has 0 amide bonds. The minimum Gasteiger partial charge on any atom is -0.545 e. The van der Waals surface area contributed by atoms with Crippen molar-refractivity contribution >= 4 is 17.9 Å². The van der Waals surface area contributed by atoms with Crippen LogP contribution in [0.3, 0.4) is 0 Å². The Labute approximate surface area is 436 Å². The van der Waals surface area contributed by atoms with Gasteiger partial charge in [0.1, 0.15) is 13.2 Å². The van der Waals surface area contributed by atoms with Crippen LogP contribution in [0.25, 0.3) is 0 Å². The van der Waals surface area contributed by atoms with Gasteiger partial charge in [-0.25, -0.2) is 0 Å². The number of carbonyl (C=O) groups is 3. The van der Waals surface area contributed by atoms with E-state index in [1.165, 1.54) is 135 Å². The Balaban J connectivity index is 4.22. The smallest absolute Gasteiger partial charge is 0.306 e. The van der Waals surface area contributed by atoms with Crippen LogP contribution in [0.2, 0.25) is 0 Å². The van der Waals surface area contributed by atoms with E-state index in [1.54, 1.807) is 0 Å². The standard InChI is InChI=1S/C62H107NO8/c1-6-8-10-12-14-16-18-20-22-24-25-26-27-28-29-30-31-32-33-34-35-37-38-40-42-44-46-48-50-52-59(64)69-56-58(57-70-62(61(66)67)68-55-54-63(3,4)5)71-60(65)53-51-49-47-45-43-41-39-36-23-21-19-17-15-13-11-9-7-2/h9,11,15,17-18,20-21,23-25,39,41,45,47,58,62H,6-8,10,12-14,16,19,22,26-38,40,42-44,46,48-57H2,1-5H3/b11-9-,17-15-,20-18-,23-21-,25-24-,41-39-,47-45-. The van der Waals surface area contributed by atoms with E-state index in [4.69, 9.17) is 18.9 Å². The summed E-state index contributed by atoms with van der Waals surface area (Å²) in [5.74, 6) is -2.36. The van der Waals surface area contributed by atoms with Crippen molar-refractivity contribution in [1.29, 1.82) is 0 Å². The fraction of sp³-hybridized carbons (Fsp3) is 0.726. The van der Waals surface area contributed by atoms with E-state index in [9.17, 15) is 19.5 Å². The van der Waals surface area contributed by atoms with E-state index in [0.717, 1.165) is 57.8 Å². The monoisotopic (exact) mass is 994 g/mol. The Morgan fingerprint density at radius 2 is 0.817 bits per heavy atom. The zero-order valence-corrected chi connectivity index (χ0v) is 46.3. The van der Waals surface area contributed by atoms with Gasteiger partial charge in [-0.2, -0.15) is 0 Å². The molecule has 0 aliphatic rings. The van der Waals surface area contributed by atoms with Gasteiger partial charge in [-0.3, -0.25) is 9.59 Å². The number of hydrogen-bond donors (Lipinski definition) is 0. The topological polar surface area (TPSA) is 111 Å². The van der Waals surface area contributed by atoms with E-state index in [1.807, 2.05) is 27.2 Å². The van der Waals surface area contributed by atoms with Crippen molar-refractivity contribution in [3.05, 3.63) is 85.1 Å². The first kappa shape index (κ1) is 67.5. The van der Waals surface area contributed by atoms with Crippen LogP contribution in [-0.2, 0) is 33.3 Å². The Morgan fingerprint density at radius 1 is 0.437 bits per heavy atom. The number of likely N-dealkylation sites (N-methyl/N-ethyl adjacent to an activating group) is 1. The number of carboxylic acids is 1. The molecule has 2 unspecified atom stereocenters. The second-order valence-electron chi connectivity index (χ2n) is 20.2. The molecule has 408 valence electrons. The molecule has 0 radical (unpaired) electrons. The van der Waals surface area contributed by atoms with Gasteiger partial charge >= 0.3 is 11.9 Å².